The fraction of sp³-hybridized carbons (Fsp3) is 0.586. The van der Waals surface area contributed by atoms with Crippen LogP contribution in [-0.4, -0.2) is 10.2 Å². The maximum absolute atomic E-state index is 12.0. The van der Waals surface area contributed by atoms with Crippen molar-refractivity contribution < 1.29 is 10.2 Å². The number of rotatable bonds is 8. The minimum atomic E-state index is -0.786. The molecule has 2 aliphatic rings. The highest BCUT2D eigenvalue weighted by molar-refractivity contribution is 5.25. The highest BCUT2D eigenvalue weighted by atomic mass is 16.3. The third-order valence-corrected chi connectivity index (χ3v) is 8.22. The summed E-state index contributed by atoms with van der Waals surface area (Å²) in [4.78, 5) is 0. The maximum atomic E-state index is 12.0. The Hall–Kier alpha value is -1.64. The first-order chi connectivity index (χ1) is 15.1. The average molecular weight is 421 g/mol. The first-order valence-electron chi connectivity index (χ1n) is 12.7. The Bertz CT molecular complexity index is 709. The minimum Gasteiger partial charge on any atom is -0.385 e. The van der Waals surface area contributed by atoms with Gasteiger partial charge in [0.05, 0.1) is 11.2 Å². The average Bonchev–Trinajstić information content (AvgIpc) is 2.86. The molecule has 0 saturated heterocycles. The second-order valence-electron chi connectivity index (χ2n) is 10.1. The predicted molar refractivity (Wildman–Crippen MR) is 128 cm³/mol. The van der Waals surface area contributed by atoms with Crippen molar-refractivity contribution in [1.82, 2.24) is 0 Å². The van der Waals surface area contributed by atoms with E-state index in [-0.39, 0.29) is 0 Å². The van der Waals surface area contributed by atoms with Crippen molar-refractivity contribution in [2.75, 3.05) is 0 Å². The smallest absolute Gasteiger partial charge is 0.0924 e. The van der Waals surface area contributed by atoms with Gasteiger partial charge in [0.15, 0.2) is 0 Å². The molecule has 0 heterocycles. The molecule has 2 nitrogen and oxygen atoms in total. The summed E-state index contributed by atoms with van der Waals surface area (Å²) in [7, 11) is 0. The molecule has 2 fully saturated rings. The van der Waals surface area contributed by atoms with Crippen LogP contribution >= 0.6 is 0 Å². The van der Waals surface area contributed by atoms with Gasteiger partial charge in [0, 0.05) is 0 Å². The summed E-state index contributed by atoms with van der Waals surface area (Å²) in [6, 6.07) is 20.6. The van der Waals surface area contributed by atoms with E-state index in [0.717, 1.165) is 56.1 Å². The zero-order chi connectivity index (χ0) is 21.6. The van der Waals surface area contributed by atoms with Gasteiger partial charge in [-0.15, -0.1) is 0 Å². The standard InChI is InChI=1S/C29H40O2/c30-28(24-14-5-1-6-15-24,25-16-7-2-8-17-25)22-13-23-29(31,26-18-9-3-10-19-26)27-20-11-4-12-21-27/h1,3,5-6,9-10,14-15,18-19,25,27,30-31H,2,4,7-8,11-13,16-17,20-23H2. The Labute approximate surface area is 188 Å². The van der Waals surface area contributed by atoms with Crippen molar-refractivity contribution in [1.29, 1.82) is 0 Å². The number of aliphatic hydroxyl groups is 2. The van der Waals surface area contributed by atoms with Crippen molar-refractivity contribution in [3.05, 3.63) is 71.8 Å². The van der Waals surface area contributed by atoms with Crippen LogP contribution in [0.4, 0.5) is 0 Å². The van der Waals surface area contributed by atoms with Gasteiger partial charge in [0.2, 0.25) is 0 Å². The monoisotopic (exact) mass is 420 g/mol. The lowest BCUT2D eigenvalue weighted by atomic mass is 9.68. The molecular formula is C29H40O2. The van der Waals surface area contributed by atoms with Gasteiger partial charge < -0.3 is 10.2 Å². The molecular weight excluding hydrogens is 380 g/mol. The topological polar surface area (TPSA) is 40.5 Å². The van der Waals surface area contributed by atoms with Crippen LogP contribution in [0.5, 0.6) is 0 Å². The summed E-state index contributed by atoms with van der Waals surface area (Å²) in [5, 5.41) is 24.0. The minimum absolute atomic E-state index is 0.322. The van der Waals surface area contributed by atoms with Gasteiger partial charge in [-0.2, -0.15) is 0 Å². The van der Waals surface area contributed by atoms with E-state index in [1.165, 1.54) is 38.5 Å². The van der Waals surface area contributed by atoms with Crippen LogP contribution in [0.3, 0.4) is 0 Å². The van der Waals surface area contributed by atoms with E-state index >= 15 is 0 Å². The molecule has 0 bridgehead atoms. The van der Waals surface area contributed by atoms with E-state index in [4.69, 9.17) is 0 Å². The van der Waals surface area contributed by atoms with Gasteiger partial charge in [0.1, 0.15) is 0 Å². The predicted octanol–water partition coefficient (Wildman–Crippen LogP) is 7.09. The summed E-state index contributed by atoms with van der Waals surface area (Å²) in [6.45, 7) is 0. The second kappa shape index (κ2) is 10.3. The van der Waals surface area contributed by atoms with Crippen LogP contribution in [0.2, 0.25) is 0 Å². The summed E-state index contributed by atoms with van der Waals surface area (Å²) in [5.41, 5.74) is 0.545. The van der Waals surface area contributed by atoms with Crippen molar-refractivity contribution in [3.8, 4) is 0 Å². The molecule has 168 valence electrons. The van der Waals surface area contributed by atoms with E-state index in [1.807, 2.05) is 36.4 Å². The molecule has 2 heteroatoms. The zero-order valence-electron chi connectivity index (χ0n) is 19.0. The molecule has 0 aromatic heterocycles. The largest absolute Gasteiger partial charge is 0.385 e. The number of hydrogen-bond acceptors (Lipinski definition) is 2. The Balaban J connectivity index is 1.54. The molecule has 0 radical (unpaired) electrons. The van der Waals surface area contributed by atoms with Crippen LogP contribution in [0.1, 0.15) is 94.6 Å². The maximum Gasteiger partial charge on any atom is 0.0924 e. The highest BCUT2D eigenvalue weighted by Gasteiger charge is 2.42. The molecule has 2 unspecified atom stereocenters. The van der Waals surface area contributed by atoms with E-state index in [2.05, 4.69) is 24.3 Å². The van der Waals surface area contributed by atoms with Crippen LogP contribution in [0, 0.1) is 11.8 Å². The van der Waals surface area contributed by atoms with E-state index < -0.39 is 11.2 Å². The van der Waals surface area contributed by atoms with Gasteiger partial charge in [-0.3, -0.25) is 0 Å². The molecule has 2 aromatic carbocycles. The summed E-state index contributed by atoms with van der Waals surface area (Å²) < 4.78 is 0. The lowest BCUT2D eigenvalue weighted by molar-refractivity contribution is -0.0708. The fourth-order valence-corrected chi connectivity index (χ4v) is 6.41. The van der Waals surface area contributed by atoms with Crippen LogP contribution < -0.4 is 0 Å². The SMILES string of the molecule is OC(CCCC(O)(c1ccccc1)C1CCCCC1)(c1ccccc1)C1CCCCC1. The Morgan fingerprint density at radius 1 is 0.548 bits per heavy atom. The normalized spacial score (nSPS) is 22.5. The number of benzene rings is 2. The van der Waals surface area contributed by atoms with Crippen LogP contribution in [0.25, 0.3) is 0 Å². The molecule has 2 aromatic rings. The Morgan fingerprint density at radius 2 is 0.903 bits per heavy atom. The first-order valence-corrected chi connectivity index (χ1v) is 12.7. The third kappa shape index (κ3) is 5.07. The summed E-state index contributed by atoms with van der Waals surface area (Å²) in [6.07, 6.45) is 14.2. The second-order valence-corrected chi connectivity index (χ2v) is 10.1. The third-order valence-electron chi connectivity index (χ3n) is 8.22. The van der Waals surface area contributed by atoms with Crippen molar-refractivity contribution in [2.45, 2.75) is 94.7 Å². The first kappa shape index (κ1) is 22.6. The molecule has 0 aliphatic heterocycles. The van der Waals surface area contributed by atoms with Gasteiger partial charge in [0.25, 0.3) is 0 Å². The van der Waals surface area contributed by atoms with Crippen LogP contribution in [0.15, 0.2) is 60.7 Å². The molecule has 0 amide bonds. The van der Waals surface area contributed by atoms with Crippen molar-refractivity contribution in [2.24, 2.45) is 11.8 Å². The Kier molecular flexibility index (Phi) is 7.51. The lowest BCUT2D eigenvalue weighted by Crippen LogP contribution is -2.39. The Morgan fingerprint density at radius 3 is 1.26 bits per heavy atom. The molecule has 2 atom stereocenters. The van der Waals surface area contributed by atoms with Gasteiger partial charge in [-0.25, -0.2) is 0 Å². The summed E-state index contributed by atoms with van der Waals surface area (Å²) >= 11 is 0. The zero-order valence-corrected chi connectivity index (χ0v) is 19.0. The van der Waals surface area contributed by atoms with E-state index in [1.54, 1.807) is 0 Å². The molecule has 2 aliphatic carbocycles. The molecule has 0 spiro atoms. The molecule has 4 rings (SSSR count). The van der Waals surface area contributed by atoms with E-state index in [0.29, 0.717) is 11.8 Å². The van der Waals surface area contributed by atoms with Gasteiger partial charge in [-0.05, 0) is 67.9 Å². The van der Waals surface area contributed by atoms with E-state index in [9.17, 15) is 10.2 Å². The fourth-order valence-electron chi connectivity index (χ4n) is 6.41. The molecule has 2 saturated carbocycles. The van der Waals surface area contributed by atoms with Crippen molar-refractivity contribution in [3.63, 3.8) is 0 Å². The lowest BCUT2D eigenvalue weighted by Gasteiger charge is -2.42. The quantitative estimate of drug-likeness (QED) is 0.478. The van der Waals surface area contributed by atoms with Gasteiger partial charge in [-0.1, -0.05) is 99.2 Å². The highest BCUT2D eigenvalue weighted by Crippen LogP contribution is 2.46. The summed E-state index contributed by atoms with van der Waals surface area (Å²) in [5.74, 6) is 0.645. The van der Waals surface area contributed by atoms with Gasteiger partial charge >= 0.3 is 0 Å². The van der Waals surface area contributed by atoms with Crippen molar-refractivity contribution >= 4 is 0 Å². The van der Waals surface area contributed by atoms with Crippen LogP contribution in [-0.2, 0) is 11.2 Å². The molecule has 31 heavy (non-hydrogen) atoms. The molecule has 2 N–H and O–H groups in total. The number of hydrogen-bond donors (Lipinski definition) is 2.